The molecule has 0 atom stereocenters. The van der Waals surface area contributed by atoms with Gasteiger partial charge in [-0.1, -0.05) is 27.2 Å². The maximum Gasteiger partial charge on any atom is 0.000986 e. The monoisotopic (exact) mass is 223 g/mol. The average molecular weight is 223 g/mol. The molecule has 2 aliphatic rings. The summed E-state index contributed by atoms with van der Waals surface area (Å²) in [5.41, 5.74) is 0. The summed E-state index contributed by atoms with van der Waals surface area (Å²) in [6, 6.07) is 0. The van der Waals surface area contributed by atoms with Crippen molar-refractivity contribution in [2.24, 2.45) is 23.7 Å². The van der Waals surface area contributed by atoms with Crippen LogP contribution in [-0.2, 0) is 0 Å². The van der Waals surface area contributed by atoms with Crippen LogP contribution in [-0.4, -0.2) is 24.5 Å². The van der Waals surface area contributed by atoms with Gasteiger partial charge in [-0.15, -0.1) is 0 Å². The fraction of sp³-hybridized carbons (Fsp3) is 1.00. The number of rotatable bonds is 4. The zero-order valence-corrected chi connectivity index (χ0v) is 11.4. The summed E-state index contributed by atoms with van der Waals surface area (Å²) in [6.07, 6.45) is 7.33. The molecular formula is C15H29N. The molecule has 0 aromatic heterocycles. The van der Waals surface area contributed by atoms with Gasteiger partial charge in [0.1, 0.15) is 0 Å². The Morgan fingerprint density at radius 1 is 1.06 bits per heavy atom. The Bertz CT molecular complexity index is 197. The van der Waals surface area contributed by atoms with E-state index in [1.165, 1.54) is 51.7 Å². The summed E-state index contributed by atoms with van der Waals surface area (Å²) in [6.45, 7) is 11.3. The molecule has 0 aromatic rings. The molecule has 0 unspecified atom stereocenters. The van der Waals surface area contributed by atoms with Crippen LogP contribution in [0.25, 0.3) is 0 Å². The standard InChI is InChI=1S/C15H29N/c1-4-13-9-14(10-13)11-16-7-5-15(6-8-16)12(2)3/h12-15H,4-11H2,1-3H3. The second-order valence-corrected chi connectivity index (χ2v) is 6.49. The predicted molar refractivity (Wildman–Crippen MR) is 70.5 cm³/mol. The Balaban J connectivity index is 1.63. The molecule has 0 spiro atoms. The van der Waals surface area contributed by atoms with E-state index in [-0.39, 0.29) is 0 Å². The van der Waals surface area contributed by atoms with Crippen LogP contribution in [0.4, 0.5) is 0 Å². The molecule has 1 nitrogen and oxygen atoms in total. The topological polar surface area (TPSA) is 3.24 Å². The van der Waals surface area contributed by atoms with E-state index >= 15 is 0 Å². The van der Waals surface area contributed by atoms with Gasteiger partial charge in [-0.3, -0.25) is 0 Å². The highest BCUT2D eigenvalue weighted by atomic mass is 15.1. The number of likely N-dealkylation sites (tertiary alicyclic amines) is 1. The Labute approximate surface area is 102 Å². The highest BCUT2D eigenvalue weighted by Gasteiger charge is 2.30. The first-order chi connectivity index (χ1) is 7.69. The molecule has 0 N–H and O–H groups in total. The minimum atomic E-state index is 0.898. The first-order valence-electron chi connectivity index (χ1n) is 7.41. The Morgan fingerprint density at radius 2 is 1.69 bits per heavy atom. The van der Waals surface area contributed by atoms with Gasteiger partial charge in [0.25, 0.3) is 0 Å². The average Bonchev–Trinajstić information content (AvgIpc) is 2.23. The van der Waals surface area contributed by atoms with Gasteiger partial charge >= 0.3 is 0 Å². The Kier molecular flexibility index (Phi) is 4.29. The van der Waals surface area contributed by atoms with Crippen LogP contribution in [0.5, 0.6) is 0 Å². The summed E-state index contributed by atoms with van der Waals surface area (Å²) < 4.78 is 0. The van der Waals surface area contributed by atoms with Crippen molar-refractivity contribution in [1.29, 1.82) is 0 Å². The summed E-state index contributed by atoms with van der Waals surface area (Å²) in [5.74, 6) is 4.01. The lowest BCUT2D eigenvalue weighted by Crippen LogP contribution is -2.41. The molecule has 16 heavy (non-hydrogen) atoms. The van der Waals surface area contributed by atoms with E-state index in [1.807, 2.05) is 0 Å². The number of nitrogens with zero attached hydrogens (tertiary/aromatic N) is 1. The third kappa shape index (κ3) is 3.00. The van der Waals surface area contributed by atoms with Crippen LogP contribution >= 0.6 is 0 Å². The molecule has 0 aromatic carbocycles. The van der Waals surface area contributed by atoms with Crippen molar-refractivity contribution in [3.05, 3.63) is 0 Å². The van der Waals surface area contributed by atoms with Crippen molar-refractivity contribution in [2.45, 2.75) is 52.9 Å². The van der Waals surface area contributed by atoms with Crippen LogP contribution in [0, 0.1) is 23.7 Å². The van der Waals surface area contributed by atoms with Gasteiger partial charge in [-0.05, 0) is 62.4 Å². The molecule has 2 fully saturated rings. The maximum absolute atomic E-state index is 2.73. The Hall–Kier alpha value is -0.0400. The van der Waals surface area contributed by atoms with Gasteiger partial charge in [0.05, 0.1) is 0 Å². The van der Waals surface area contributed by atoms with E-state index in [4.69, 9.17) is 0 Å². The second kappa shape index (κ2) is 5.53. The quantitative estimate of drug-likeness (QED) is 0.701. The summed E-state index contributed by atoms with van der Waals surface area (Å²) >= 11 is 0. The summed E-state index contributed by atoms with van der Waals surface area (Å²) in [4.78, 5) is 2.73. The highest BCUT2D eigenvalue weighted by Crippen LogP contribution is 2.37. The molecule has 1 heteroatoms. The van der Waals surface area contributed by atoms with E-state index in [9.17, 15) is 0 Å². The normalized spacial score (nSPS) is 33.0. The van der Waals surface area contributed by atoms with Crippen molar-refractivity contribution in [1.82, 2.24) is 4.90 Å². The molecule has 1 aliphatic heterocycles. The lowest BCUT2D eigenvalue weighted by atomic mass is 9.73. The van der Waals surface area contributed by atoms with Gasteiger partial charge in [0, 0.05) is 6.54 Å². The largest absolute Gasteiger partial charge is 0.303 e. The maximum atomic E-state index is 2.73. The fourth-order valence-corrected chi connectivity index (χ4v) is 3.52. The molecule has 1 heterocycles. The summed E-state index contributed by atoms with van der Waals surface area (Å²) in [5, 5.41) is 0. The van der Waals surface area contributed by atoms with E-state index < -0.39 is 0 Å². The molecule has 0 amide bonds. The van der Waals surface area contributed by atoms with Crippen molar-refractivity contribution in [3.63, 3.8) is 0 Å². The van der Waals surface area contributed by atoms with E-state index in [2.05, 4.69) is 25.7 Å². The van der Waals surface area contributed by atoms with Crippen LogP contribution in [0.3, 0.4) is 0 Å². The van der Waals surface area contributed by atoms with Gasteiger partial charge in [-0.25, -0.2) is 0 Å². The lowest BCUT2D eigenvalue weighted by Gasteiger charge is -2.41. The molecule has 94 valence electrons. The smallest absolute Gasteiger partial charge is 0.000986 e. The zero-order valence-electron chi connectivity index (χ0n) is 11.4. The predicted octanol–water partition coefficient (Wildman–Crippen LogP) is 3.79. The van der Waals surface area contributed by atoms with Crippen LogP contribution in [0.15, 0.2) is 0 Å². The van der Waals surface area contributed by atoms with Crippen LogP contribution < -0.4 is 0 Å². The van der Waals surface area contributed by atoms with E-state index in [0.29, 0.717) is 0 Å². The van der Waals surface area contributed by atoms with Crippen LogP contribution in [0.1, 0.15) is 52.9 Å². The molecule has 1 saturated carbocycles. The second-order valence-electron chi connectivity index (χ2n) is 6.49. The number of hydrogen-bond donors (Lipinski definition) is 0. The molecule has 1 aliphatic carbocycles. The number of hydrogen-bond acceptors (Lipinski definition) is 1. The SMILES string of the molecule is CCC1CC(CN2CCC(C(C)C)CC2)C1. The minimum Gasteiger partial charge on any atom is -0.303 e. The Morgan fingerprint density at radius 3 is 2.19 bits per heavy atom. The van der Waals surface area contributed by atoms with Crippen molar-refractivity contribution in [3.8, 4) is 0 Å². The minimum absolute atomic E-state index is 0.898. The van der Waals surface area contributed by atoms with Gasteiger partial charge < -0.3 is 4.90 Å². The molecule has 0 radical (unpaired) electrons. The van der Waals surface area contributed by atoms with Crippen molar-refractivity contribution < 1.29 is 0 Å². The molecule has 1 saturated heterocycles. The van der Waals surface area contributed by atoms with Crippen molar-refractivity contribution in [2.75, 3.05) is 19.6 Å². The van der Waals surface area contributed by atoms with Crippen LogP contribution in [0.2, 0.25) is 0 Å². The first kappa shape index (κ1) is 12.4. The highest BCUT2D eigenvalue weighted by molar-refractivity contribution is 4.83. The van der Waals surface area contributed by atoms with E-state index in [1.54, 1.807) is 0 Å². The number of piperidine rings is 1. The third-order valence-electron chi connectivity index (χ3n) is 5.00. The molecular weight excluding hydrogens is 194 g/mol. The molecule has 2 rings (SSSR count). The lowest BCUT2D eigenvalue weighted by molar-refractivity contribution is 0.0881. The third-order valence-corrected chi connectivity index (χ3v) is 5.00. The van der Waals surface area contributed by atoms with Gasteiger partial charge in [0.15, 0.2) is 0 Å². The summed E-state index contributed by atoms with van der Waals surface area (Å²) in [7, 11) is 0. The fourth-order valence-electron chi connectivity index (χ4n) is 3.52. The molecule has 0 bridgehead atoms. The zero-order chi connectivity index (χ0) is 11.5. The van der Waals surface area contributed by atoms with Gasteiger partial charge in [0.2, 0.25) is 0 Å². The van der Waals surface area contributed by atoms with Crippen molar-refractivity contribution >= 4 is 0 Å². The van der Waals surface area contributed by atoms with E-state index in [0.717, 1.165) is 23.7 Å². The first-order valence-corrected chi connectivity index (χ1v) is 7.41. The van der Waals surface area contributed by atoms with Gasteiger partial charge in [-0.2, -0.15) is 0 Å².